The summed E-state index contributed by atoms with van der Waals surface area (Å²) in [4.78, 5) is 15.0. The summed E-state index contributed by atoms with van der Waals surface area (Å²) in [6.07, 6.45) is 0. The van der Waals surface area contributed by atoms with Gasteiger partial charge in [-0.1, -0.05) is 146 Å². The van der Waals surface area contributed by atoms with Crippen LogP contribution in [0.25, 0.3) is 99.5 Å². The van der Waals surface area contributed by atoms with E-state index in [2.05, 4.69) is 91.0 Å². The van der Waals surface area contributed by atoms with E-state index in [0.29, 0.717) is 17.5 Å². The van der Waals surface area contributed by atoms with Gasteiger partial charge in [0.15, 0.2) is 17.5 Å². The van der Waals surface area contributed by atoms with E-state index >= 15 is 0 Å². The monoisotopic (exact) mass is 625 g/mol. The van der Waals surface area contributed by atoms with E-state index < -0.39 is 0 Å². The molecule has 0 aliphatic rings. The summed E-state index contributed by atoms with van der Waals surface area (Å²) in [7, 11) is 0. The van der Waals surface area contributed by atoms with Crippen LogP contribution in [-0.2, 0) is 0 Å². The van der Waals surface area contributed by atoms with Crippen molar-refractivity contribution in [1.29, 1.82) is 0 Å². The van der Waals surface area contributed by atoms with Crippen LogP contribution in [0, 0.1) is 0 Å². The smallest absolute Gasteiger partial charge is 0.167 e. The molecule has 10 rings (SSSR count). The quantitative estimate of drug-likeness (QED) is 0.183. The molecule has 0 amide bonds. The first-order valence-electron chi connectivity index (χ1n) is 16.5. The highest BCUT2D eigenvalue weighted by molar-refractivity contribution is 6.26. The predicted octanol–water partition coefficient (Wildman–Crippen LogP) is 11.9. The summed E-state index contributed by atoms with van der Waals surface area (Å²) >= 11 is 0. The molecule has 0 N–H and O–H groups in total. The Labute approximate surface area is 282 Å². The van der Waals surface area contributed by atoms with E-state index in [4.69, 9.17) is 19.4 Å². The largest absolute Gasteiger partial charge is 0.455 e. The minimum absolute atomic E-state index is 0.569. The molecule has 2 aromatic heterocycles. The van der Waals surface area contributed by atoms with Crippen molar-refractivity contribution in [3.63, 3.8) is 0 Å². The number of hydrogen-bond acceptors (Lipinski definition) is 4. The lowest BCUT2D eigenvalue weighted by Gasteiger charge is -2.13. The number of nitrogens with zero attached hydrogens (tertiary/aromatic N) is 3. The Morgan fingerprint density at radius 3 is 1.41 bits per heavy atom. The lowest BCUT2D eigenvalue weighted by molar-refractivity contribution is 0.669. The third kappa shape index (κ3) is 4.42. The van der Waals surface area contributed by atoms with Crippen LogP contribution in [0.3, 0.4) is 0 Å². The van der Waals surface area contributed by atoms with Gasteiger partial charge in [0, 0.05) is 21.9 Å². The molecule has 0 saturated heterocycles. The molecule has 0 aliphatic heterocycles. The van der Waals surface area contributed by atoms with Gasteiger partial charge in [0.05, 0.1) is 5.56 Å². The number of furan rings is 1. The molecule has 228 valence electrons. The lowest BCUT2D eigenvalue weighted by atomic mass is 9.90. The van der Waals surface area contributed by atoms with Gasteiger partial charge in [0.2, 0.25) is 0 Å². The molecule has 0 spiro atoms. The number of aromatic nitrogens is 3. The van der Waals surface area contributed by atoms with Crippen molar-refractivity contribution in [2.75, 3.05) is 0 Å². The van der Waals surface area contributed by atoms with Crippen LogP contribution in [0.5, 0.6) is 0 Å². The standard InChI is InChI=1S/C45H27N3O/c1-3-13-28(14-4-1)43-46-44(29-15-5-2-6-16-29)48-45(47-43)38-26-25-31(41-37-21-11-12-22-40(37)49-42(38)41)30-23-24-36-34-19-8-7-17-32(34)33-18-9-10-20-35(33)39(36)27-30/h1-27H. The van der Waals surface area contributed by atoms with Crippen LogP contribution >= 0.6 is 0 Å². The van der Waals surface area contributed by atoms with Crippen molar-refractivity contribution in [2.24, 2.45) is 0 Å². The van der Waals surface area contributed by atoms with Crippen molar-refractivity contribution >= 4 is 54.3 Å². The van der Waals surface area contributed by atoms with Crippen molar-refractivity contribution < 1.29 is 4.42 Å². The van der Waals surface area contributed by atoms with E-state index in [1.807, 2.05) is 72.8 Å². The minimum Gasteiger partial charge on any atom is -0.455 e. The van der Waals surface area contributed by atoms with Crippen LogP contribution in [-0.4, -0.2) is 15.0 Å². The first-order chi connectivity index (χ1) is 24.3. The van der Waals surface area contributed by atoms with Crippen LogP contribution in [0.2, 0.25) is 0 Å². The van der Waals surface area contributed by atoms with Crippen LogP contribution < -0.4 is 0 Å². The van der Waals surface area contributed by atoms with Gasteiger partial charge in [-0.2, -0.15) is 0 Å². The summed E-state index contributed by atoms with van der Waals surface area (Å²) in [6.45, 7) is 0. The summed E-state index contributed by atoms with van der Waals surface area (Å²) in [6, 6.07) is 56.9. The van der Waals surface area contributed by atoms with Gasteiger partial charge in [-0.3, -0.25) is 0 Å². The van der Waals surface area contributed by atoms with Crippen molar-refractivity contribution in [3.05, 3.63) is 164 Å². The summed E-state index contributed by atoms with van der Waals surface area (Å²) in [5.41, 5.74) is 6.48. The van der Waals surface area contributed by atoms with Gasteiger partial charge in [0.1, 0.15) is 11.2 Å². The minimum atomic E-state index is 0.569. The zero-order chi connectivity index (χ0) is 32.3. The summed E-state index contributed by atoms with van der Waals surface area (Å²) in [5.74, 6) is 1.80. The SMILES string of the molecule is c1ccc(-c2nc(-c3ccccc3)nc(-c3ccc(-c4ccc5c6ccccc6c6ccccc6c5c4)c4c3oc3ccccc34)n2)cc1. The van der Waals surface area contributed by atoms with Crippen LogP contribution in [0.1, 0.15) is 0 Å². The van der Waals surface area contributed by atoms with Gasteiger partial charge in [-0.05, 0) is 61.6 Å². The average Bonchev–Trinajstić information content (AvgIpc) is 3.58. The fourth-order valence-electron chi connectivity index (χ4n) is 7.25. The molecule has 0 bridgehead atoms. The Morgan fingerprint density at radius 1 is 0.327 bits per heavy atom. The second-order valence-electron chi connectivity index (χ2n) is 12.4. The predicted molar refractivity (Wildman–Crippen MR) is 201 cm³/mol. The third-order valence-corrected chi connectivity index (χ3v) is 9.52. The van der Waals surface area contributed by atoms with Gasteiger partial charge in [-0.15, -0.1) is 0 Å². The molecule has 0 saturated carbocycles. The highest BCUT2D eigenvalue weighted by Gasteiger charge is 2.21. The molecule has 2 heterocycles. The van der Waals surface area contributed by atoms with Crippen LogP contribution in [0.15, 0.2) is 168 Å². The highest BCUT2D eigenvalue weighted by atomic mass is 16.3. The fourth-order valence-corrected chi connectivity index (χ4v) is 7.25. The Hall–Kier alpha value is -6.65. The third-order valence-electron chi connectivity index (χ3n) is 9.52. The maximum Gasteiger partial charge on any atom is 0.167 e. The maximum atomic E-state index is 6.71. The fraction of sp³-hybridized carbons (Fsp3) is 0. The molecule has 0 atom stereocenters. The Morgan fingerprint density at radius 2 is 0.796 bits per heavy atom. The van der Waals surface area contributed by atoms with Gasteiger partial charge >= 0.3 is 0 Å². The highest BCUT2D eigenvalue weighted by Crippen LogP contribution is 2.43. The molecule has 8 aromatic carbocycles. The van der Waals surface area contributed by atoms with Crippen molar-refractivity contribution in [2.45, 2.75) is 0 Å². The molecular formula is C45H27N3O. The molecule has 0 unspecified atom stereocenters. The van der Waals surface area contributed by atoms with E-state index in [1.165, 1.54) is 32.3 Å². The number of hydrogen-bond donors (Lipinski definition) is 0. The van der Waals surface area contributed by atoms with Gasteiger partial charge in [0.25, 0.3) is 0 Å². The molecule has 0 aliphatic carbocycles. The summed E-state index contributed by atoms with van der Waals surface area (Å²) < 4.78 is 6.71. The van der Waals surface area contributed by atoms with E-state index in [1.54, 1.807) is 0 Å². The average molecular weight is 626 g/mol. The molecule has 10 aromatic rings. The van der Waals surface area contributed by atoms with Crippen LogP contribution in [0.4, 0.5) is 0 Å². The molecule has 49 heavy (non-hydrogen) atoms. The van der Waals surface area contributed by atoms with Gasteiger partial charge in [-0.25, -0.2) is 15.0 Å². The number of benzene rings is 8. The molecule has 4 heteroatoms. The zero-order valence-corrected chi connectivity index (χ0v) is 26.3. The van der Waals surface area contributed by atoms with Crippen molar-refractivity contribution in [1.82, 2.24) is 15.0 Å². The number of para-hydroxylation sites is 1. The molecule has 0 radical (unpaired) electrons. The van der Waals surface area contributed by atoms with E-state index in [0.717, 1.165) is 49.8 Å². The number of rotatable bonds is 4. The molecule has 0 fully saturated rings. The zero-order valence-electron chi connectivity index (χ0n) is 26.3. The normalized spacial score (nSPS) is 11.7. The Bertz CT molecular complexity index is 2780. The second kappa shape index (κ2) is 11.0. The van der Waals surface area contributed by atoms with E-state index in [9.17, 15) is 0 Å². The van der Waals surface area contributed by atoms with E-state index in [-0.39, 0.29) is 0 Å². The van der Waals surface area contributed by atoms with Gasteiger partial charge < -0.3 is 4.42 Å². The maximum absolute atomic E-state index is 6.71. The van der Waals surface area contributed by atoms with Crippen molar-refractivity contribution in [3.8, 4) is 45.3 Å². The number of fused-ring (bicyclic) bond motifs is 9. The topological polar surface area (TPSA) is 51.8 Å². The molecular weight excluding hydrogens is 599 g/mol. The first kappa shape index (κ1) is 27.5. The lowest BCUT2D eigenvalue weighted by Crippen LogP contribution is -2.00. The first-order valence-corrected chi connectivity index (χ1v) is 16.5. The summed E-state index contributed by atoms with van der Waals surface area (Å²) in [5, 5.41) is 9.61. The molecule has 4 nitrogen and oxygen atoms in total. The Balaban J connectivity index is 1.24. The Kier molecular flexibility index (Phi) is 6.15. The second-order valence-corrected chi connectivity index (χ2v) is 12.4.